The zero-order valence-electron chi connectivity index (χ0n) is 15.7. The molecule has 2 amide bonds. The van der Waals surface area contributed by atoms with Gasteiger partial charge in [-0.15, -0.1) is 12.4 Å². The third-order valence-corrected chi connectivity index (χ3v) is 5.78. The SMILES string of the molecule is Cl.O=C1N=C(N2CCCCN2)SC1=Cc1ccc(F)cc1OC(=O)N1CCCC1. The minimum Gasteiger partial charge on any atom is -0.409 e. The molecule has 4 rings (SSSR count). The highest BCUT2D eigenvalue weighted by Crippen LogP contribution is 2.33. The molecule has 3 aliphatic rings. The van der Waals surface area contributed by atoms with Crippen molar-refractivity contribution in [1.29, 1.82) is 0 Å². The van der Waals surface area contributed by atoms with Crippen molar-refractivity contribution in [3.8, 4) is 5.75 Å². The smallest absolute Gasteiger partial charge is 0.409 e. The van der Waals surface area contributed by atoms with Crippen LogP contribution in [0.2, 0.25) is 0 Å². The van der Waals surface area contributed by atoms with Gasteiger partial charge in [0.05, 0.1) is 4.91 Å². The number of hydrogen-bond acceptors (Lipinski definition) is 6. The highest BCUT2D eigenvalue weighted by Gasteiger charge is 2.28. The average molecular weight is 441 g/mol. The summed E-state index contributed by atoms with van der Waals surface area (Å²) in [6.45, 7) is 2.92. The Hall–Kier alpha value is -2.10. The van der Waals surface area contributed by atoms with E-state index in [-0.39, 0.29) is 24.1 Å². The number of nitrogens with one attached hydrogen (secondary N) is 1. The van der Waals surface area contributed by atoms with Crippen LogP contribution in [-0.2, 0) is 4.79 Å². The zero-order chi connectivity index (χ0) is 19.5. The third-order valence-electron chi connectivity index (χ3n) is 4.78. The van der Waals surface area contributed by atoms with E-state index >= 15 is 0 Å². The van der Waals surface area contributed by atoms with E-state index in [1.807, 2.05) is 5.01 Å². The van der Waals surface area contributed by atoms with Gasteiger partial charge in [-0.05, 0) is 55.7 Å². The maximum atomic E-state index is 13.7. The molecule has 10 heteroatoms. The van der Waals surface area contributed by atoms with Gasteiger partial charge in [0.2, 0.25) is 0 Å². The summed E-state index contributed by atoms with van der Waals surface area (Å²) >= 11 is 1.26. The second-order valence-electron chi connectivity index (χ2n) is 6.82. The predicted octanol–water partition coefficient (Wildman–Crippen LogP) is 3.41. The first-order valence-corrected chi connectivity index (χ1v) is 10.2. The van der Waals surface area contributed by atoms with E-state index in [0.29, 0.717) is 28.7 Å². The number of hydrazine groups is 1. The van der Waals surface area contributed by atoms with Gasteiger partial charge in [0, 0.05) is 37.8 Å². The molecule has 7 nitrogen and oxygen atoms in total. The number of thioether (sulfide) groups is 1. The topological polar surface area (TPSA) is 74.2 Å². The summed E-state index contributed by atoms with van der Waals surface area (Å²) in [6.07, 6.45) is 5.10. The molecule has 29 heavy (non-hydrogen) atoms. The lowest BCUT2D eigenvalue weighted by atomic mass is 10.2. The average Bonchev–Trinajstić information content (AvgIpc) is 3.35. The van der Waals surface area contributed by atoms with E-state index in [9.17, 15) is 14.0 Å². The van der Waals surface area contributed by atoms with Crippen molar-refractivity contribution in [2.45, 2.75) is 25.7 Å². The largest absolute Gasteiger partial charge is 0.415 e. The first-order valence-electron chi connectivity index (χ1n) is 9.40. The number of hydrogen-bond donors (Lipinski definition) is 1. The van der Waals surface area contributed by atoms with Crippen LogP contribution in [0.3, 0.4) is 0 Å². The monoisotopic (exact) mass is 440 g/mol. The summed E-state index contributed by atoms with van der Waals surface area (Å²) in [6, 6.07) is 3.94. The molecule has 1 aromatic carbocycles. The molecule has 0 spiro atoms. The van der Waals surface area contributed by atoms with Gasteiger partial charge in [-0.1, -0.05) is 0 Å². The normalized spacial score (nSPS) is 20.7. The van der Waals surface area contributed by atoms with E-state index in [4.69, 9.17) is 4.74 Å². The van der Waals surface area contributed by atoms with Crippen molar-refractivity contribution in [2.75, 3.05) is 26.2 Å². The van der Waals surface area contributed by atoms with Crippen molar-refractivity contribution < 1.29 is 18.7 Å². The van der Waals surface area contributed by atoms with Gasteiger partial charge < -0.3 is 9.64 Å². The molecule has 0 aromatic heterocycles. The number of amidine groups is 1. The Morgan fingerprint density at radius 2 is 1.97 bits per heavy atom. The molecule has 0 bridgehead atoms. The maximum Gasteiger partial charge on any atom is 0.415 e. The molecule has 0 unspecified atom stereocenters. The van der Waals surface area contributed by atoms with Gasteiger partial charge in [0.15, 0.2) is 5.17 Å². The Morgan fingerprint density at radius 3 is 2.69 bits per heavy atom. The van der Waals surface area contributed by atoms with Crippen molar-refractivity contribution in [2.24, 2.45) is 4.99 Å². The fraction of sp³-hybridized carbons (Fsp3) is 0.421. The van der Waals surface area contributed by atoms with Crippen molar-refractivity contribution in [3.05, 3.63) is 34.5 Å². The summed E-state index contributed by atoms with van der Waals surface area (Å²) in [5.74, 6) is -0.762. The van der Waals surface area contributed by atoms with Crippen LogP contribution in [0.15, 0.2) is 28.1 Å². The molecule has 1 N–H and O–H groups in total. The van der Waals surface area contributed by atoms with Gasteiger partial charge in [-0.3, -0.25) is 9.80 Å². The van der Waals surface area contributed by atoms with Crippen LogP contribution in [-0.4, -0.2) is 53.3 Å². The molecule has 0 radical (unpaired) electrons. The number of amides is 2. The lowest BCUT2D eigenvalue weighted by Gasteiger charge is -2.28. The van der Waals surface area contributed by atoms with E-state index < -0.39 is 11.9 Å². The van der Waals surface area contributed by atoms with E-state index in [1.54, 1.807) is 11.0 Å². The van der Waals surface area contributed by atoms with E-state index in [0.717, 1.165) is 38.8 Å². The first kappa shape index (κ1) is 21.6. The van der Waals surface area contributed by atoms with Gasteiger partial charge in [-0.2, -0.15) is 4.99 Å². The van der Waals surface area contributed by atoms with Crippen molar-refractivity contribution in [3.63, 3.8) is 0 Å². The van der Waals surface area contributed by atoms with Crippen LogP contribution < -0.4 is 10.2 Å². The molecule has 2 saturated heterocycles. The van der Waals surface area contributed by atoms with E-state index in [2.05, 4.69) is 10.4 Å². The second kappa shape index (κ2) is 9.60. The third kappa shape index (κ3) is 5.09. The minimum absolute atomic E-state index is 0. The Balaban J connectivity index is 0.00000240. The first-order chi connectivity index (χ1) is 13.6. The number of benzene rings is 1. The maximum absolute atomic E-state index is 13.7. The molecule has 156 valence electrons. The van der Waals surface area contributed by atoms with Crippen LogP contribution in [0.4, 0.5) is 9.18 Å². The minimum atomic E-state index is -0.508. The number of aliphatic imine (C=N–C) groups is 1. The van der Waals surface area contributed by atoms with Crippen LogP contribution in [0.1, 0.15) is 31.2 Å². The molecule has 2 fully saturated rings. The molecule has 3 aliphatic heterocycles. The summed E-state index contributed by atoms with van der Waals surface area (Å²) in [4.78, 5) is 30.7. The summed E-state index contributed by atoms with van der Waals surface area (Å²) in [7, 11) is 0. The molecular formula is C19H22ClFN4O3S. The molecular weight excluding hydrogens is 419 g/mol. The lowest BCUT2D eigenvalue weighted by molar-refractivity contribution is -0.113. The summed E-state index contributed by atoms with van der Waals surface area (Å²) in [5, 5.41) is 2.49. The Bertz CT molecular complexity index is 852. The zero-order valence-corrected chi connectivity index (χ0v) is 17.4. The molecule has 0 aliphatic carbocycles. The number of likely N-dealkylation sites (tertiary alicyclic amines) is 1. The number of halogens is 2. The molecule has 0 atom stereocenters. The molecule has 0 saturated carbocycles. The van der Waals surface area contributed by atoms with Gasteiger partial charge in [-0.25, -0.2) is 14.6 Å². The lowest BCUT2D eigenvalue weighted by Crippen LogP contribution is -2.45. The summed E-state index contributed by atoms with van der Waals surface area (Å²) < 4.78 is 19.2. The Kier molecular flexibility index (Phi) is 7.15. The quantitative estimate of drug-likeness (QED) is 0.710. The highest BCUT2D eigenvalue weighted by molar-refractivity contribution is 8.18. The number of carbonyl (C=O) groups excluding carboxylic acids is 2. The number of rotatable bonds is 2. The van der Waals surface area contributed by atoms with Gasteiger partial charge >= 0.3 is 6.09 Å². The fourth-order valence-electron chi connectivity index (χ4n) is 3.28. The summed E-state index contributed by atoms with van der Waals surface area (Å²) in [5.41, 5.74) is 3.69. The highest BCUT2D eigenvalue weighted by atomic mass is 35.5. The van der Waals surface area contributed by atoms with Crippen molar-refractivity contribution >= 4 is 47.4 Å². The van der Waals surface area contributed by atoms with Crippen LogP contribution in [0, 0.1) is 5.82 Å². The van der Waals surface area contributed by atoms with Crippen LogP contribution in [0.25, 0.3) is 6.08 Å². The second-order valence-corrected chi connectivity index (χ2v) is 7.83. The fourth-order valence-corrected chi connectivity index (χ4v) is 4.19. The number of ether oxygens (including phenoxy) is 1. The van der Waals surface area contributed by atoms with Crippen molar-refractivity contribution in [1.82, 2.24) is 15.3 Å². The molecule has 3 heterocycles. The number of carbonyl (C=O) groups is 2. The predicted molar refractivity (Wildman–Crippen MR) is 112 cm³/mol. The molecule has 1 aromatic rings. The van der Waals surface area contributed by atoms with E-state index in [1.165, 1.54) is 30.0 Å². The Morgan fingerprint density at radius 1 is 1.21 bits per heavy atom. The Labute approximate surface area is 178 Å². The van der Waals surface area contributed by atoms with Crippen LogP contribution >= 0.6 is 24.2 Å². The van der Waals surface area contributed by atoms with Crippen LogP contribution in [0.5, 0.6) is 5.75 Å². The number of nitrogens with zero attached hydrogens (tertiary/aromatic N) is 3. The standard InChI is InChI=1S/C19H21FN4O3S.ClH/c20-14-6-5-13(15(12-14)27-19(26)23-8-3-4-9-23)11-16-17(25)22-18(28-16)24-10-2-1-7-21-24;/h5-6,11-12,21H,1-4,7-10H2;1H. The van der Waals surface area contributed by atoms with Gasteiger partial charge in [0.1, 0.15) is 11.6 Å². The van der Waals surface area contributed by atoms with Gasteiger partial charge in [0.25, 0.3) is 5.91 Å².